The molecular formula is C20H23NO3. The minimum Gasteiger partial charge on any atom is -0.457 e. The van der Waals surface area contributed by atoms with Crippen molar-refractivity contribution in [2.24, 2.45) is 5.41 Å². The zero-order valence-corrected chi connectivity index (χ0v) is 14.2. The SMILES string of the molecule is CC1(C)CCCN(C(=O)Oc2ccc(Oc3ccccc3)cc2)C1. The van der Waals surface area contributed by atoms with Crippen molar-refractivity contribution < 1.29 is 14.3 Å². The molecule has 126 valence electrons. The second-order valence-electron chi connectivity index (χ2n) is 6.94. The van der Waals surface area contributed by atoms with Crippen LogP contribution in [0.25, 0.3) is 0 Å². The molecule has 1 aliphatic rings. The first-order chi connectivity index (χ1) is 11.5. The van der Waals surface area contributed by atoms with Crippen LogP contribution in [0.4, 0.5) is 4.79 Å². The van der Waals surface area contributed by atoms with Crippen LogP contribution < -0.4 is 9.47 Å². The highest BCUT2D eigenvalue weighted by Gasteiger charge is 2.30. The molecule has 0 saturated carbocycles. The Morgan fingerprint density at radius 1 is 0.958 bits per heavy atom. The number of hydrogen-bond acceptors (Lipinski definition) is 3. The topological polar surface area (TPSA) is 38.8 Å². The fraction of sp³-hybridized carbons (Fsp3) is 0.350. The summed E-state index contributed by atoms with van der Waals surface area (Å²) in [7, 11) is 0. The van der Waals surface area contributed by atoms with E-state index in [0.29, 0.717) is 11.5 Å². The molecule has 0 radical (unpaired) electrons. The van der Waals surface area contributed by atoms with Gasteiger partial charge in [-0.15, -0.1) is 0 Å². The lowest BCUT2D eigenvalue weighted by molar-refractivity contribution is 0.0999. The lowest BCUT2D eigenvalue weighted by Gasteiger charge is -2.37. The predicted molar refractivity (Wildman–Crippen MR) is 93.6 cm³/mol. The summed E-state index contributed by atoms with van der Waals surface area (Å²) in [6.07, 6.45) is 1.88. The summed E-state index contributed by atoms with van der Waals surface area (Å²) >= 11 is 0. The molecule has 1 aliphatic heterocycles. The lowest BCUT2D eigenvalue weighted by atomic mass is 9.84. The second-order valence-corrected chi connectivity index (χ2v) is 6.94. The van der Waals surface area contributed by atoms with E-state index in [-0.39, 0.29) is 11.5 Å². The number of carbonyl (C=O) groups excluding carboxylic acids is 1. The number of amides is 1. The Kier molecular flexibility index (Phi) is 4.74. The zero-order valence-electron chi connectivity index (χ0n) is 14.2. The highest BCUT2D eigenvalue weighted by molar-refractivity contribution is 5.71. The van der Waals surface area contributed by atoms with Gasteiger partial charge in [0.25, 0.3) is 0 Å². The summed E-state index contributed by atoms with van der Waals surface area (Å²) in [5.74, 6) is 2.02. The summed E-state index contributed by atoms with van der Waals surface area (Å²) in [6.45, 7) is 5.86. The van der Waals surface area contributed by atoms with E-state index in [1.807, 2.05) is 30.3 Å². The highest BCUT2D eigenvalue weighted by Crippen LogP contribution is 2.29. The van der Waals surface area contributed by atoms with Crippen LogP contribution in [0.15, 0.2) is 54.6 Å². The van der Waals surface area contributed by atoms with Crippen molar-refractivity contribution in [2.45, 2.75) is 26.7 Å². The average Bonchev–Trinajstić information content (AvgIpc) is 2.57. The number of ether oxygens (including phenoxy) is 2. The predicted octanol–water partition coefficient (Wildman–Crippen LogP) is 5.10. The molecule has 0 aromatic heterocycles. The average molecular weight is 325 g/mol. The minimum absolute atomic E-state index is 0.157. The van der Waals surface area contributed by atoms with Gasteiger partial charge in [0.05, 0.1) is 0 Å². The van der Waals surface area contributed by atoms with Crippen LogP contribution in [0.3, 0.4) is 0 Å². The zero-order chi connectivity index (χ0) is 17.0. The van der Waals surface area contributed by atoms with Crippen molar-refractivity contribution >= 4 is 6.09 Å². The number of benzene rings is 2. The van der Waals surface area contributed by atoms with Crippen molar-refractivity contribution in [2.75, 3.05) is 13.1 Å². The second kappa shape index (κ2) is 6.95. The Hall–Kier alpha value is -2.49. The summed E-state index contributed by atoms with van der Waals surface area (Å²) < 4.78 is 11.2. The van der Waals surface area contributed by atoms with Crippen LogP contribution >= 0.6 is 0 Å². The molecule has 2 aromatic rings. The number of rotatable bonds is 3. The number of piperidine rings is 1. The van der Waals surface area contributed by atoms with E-state index in [1.54, 1.807) is 29.2 Å². The molecule has 0 spiro atoms. The molecule has 4 heteroatoms. The number of nitrogens with zero attached hydrogens (tertiary/aromatic N) is 1. The molecule has 0 atom stereocenters. The number of para-hydroxylation sites is 1. The summed E-state index contributed by atoms with van der Waals surface area (Å²) in [4.78, 5) is 14.1. The van der Waals surface area contributed by atoms with Gasteiger partial charge in [0.15, 0.2) is 0 Å². The van der Waals surface area contributed by atoms with Crippen molar-refractivity contribution in [1.82, 2.24) is 4.90 Å². The van der Waals surface area contributed by atoms with Gasteiger partial charge in [-0.2, -0.15) is 0 Å². The largest absolute Gasteiger partial charge is 0.457 e. The Morgan fingerprint density at radius 3 is 2.25 bits per heavy atom. The maximum absolute atomic E-state index is 12.3. The number of likely N-dealkylation sites (tertiary alicyclic amines) is 1. The van der Waals surface area contributed by atoms with Crippen molar-refractivity contribution in [3.63, 3.8) is 0 Å². The third kappa shape index (κ3) is 4.28. The Labute approximate surface area is 143 Å². The van der Waals surface area contributed by atoms with Gasteiger partial charge >= 0.3 is 6.09 Å². The molecular weight excluding hydrogens is 302 g/mol. The van der Waals surface area contributed by atoms with E-state index in [1.165, 1.54) is 0 Å². The van der Waals surface area contributed by atoms with Gasteiger partial charge in [0.1, 0.15) is 17.2 Å². The van der Waals surface area contributed by atoms with Crippen LogP contribution in [-0.2, 0) is 0 Å². The standard InChI is InChI=1S/C20H23NO3/c1-20(2)13-6-14-21(15-20)19(22)24-18-11-9-17(10-12-18)23-16-7-4-3-5-8-16/h3-5,7-12H,6,13-15H2,1-2H3. The van der Waals surface area contributed by atoms with E-state index in [0.717, 1.165) is 31.7 Å². The lowest BCUT2D eigenvalue weighted by Crippen LogP contribution is -2.44. The molecule has 1 saturated heterocycles. The van der Waals surface area contributed by atoms with E-state index >= 15 is 0 Å². The molecule has 0 N–H and O–H groups in total. The van der Waals surface area contributed by atoms with E-state index in [4.69, 9.17) is 9.47 Å². The summed E-state index contributed by atoms with van der Waals surface area (Å²) in [5.41, 5.74) is 0.157. The Morgan fingerprint density at radius 2 is 1.58 bits per heavy atom. The molecule has 4 nitrogen and oxygen atoms in total. The van der Waals surface area contributed by atoms with Crippen LogP contribution in [0.5, 0.6) is 17.2 Å². The Bertz CT molecular complexity index is 680. The molecule has 1 heterocycles. The van der Waals surface area contributed by atoms with Gasteiger partial charge in [-0.25, -0.2) is 4.79 Å². The van der Waals surface area contributed by atoms with Gasteiger partial charge in [-0.05, 0) is 54.7 Å². The molecule has 2 aromatic carbocycles. The fourth-order valence-corrected chi connectivity index (χ4v) is 2.94. The highest BCUT2D eigenvalue weighted by atomic mass is 16.6. The fourth-order valence-electron chi connectivity index (χ4n) is 2.94. The van der Waals surface area contributed by atoms with Gasteiger partial charge < -0.3 is 14.4 Å². The molecule has 0 unspecified atom stereocenters. The molecule has 0 bridgehead atoms. The summed E-state index contributed by atoms with van der Waals surface area (Å²) in [6, 6.07) is 16.7. The number of carbonyl (C=O) groups is 1. The quantitative estimate of drug-likeness (QED) is 0.788. The van der Waals surface area contributed by atoms with E-state index < -0.39 is 0 Å². The first-order valence-corrected chi connectivity index (χ1v) is 8.32. The maximum atomic E-state index is 12.3. The molecule has 1 amide bonds. The van der Waals surface area contributed by atoms with Gasteiger partial charge in [0, 0.05) is 13.1 Å². The summed E-state index contributed by atoms with van der Waals surface area (Å²) in [5, 5.41) is 0. The van der Waals surface area contributed by atoms with Crippen LogP contribution in [0.1, 0.15) is 26.7 Å². The molecule has 0 aliphatic carbocycles. The van der Waals surface area contributed by atoms with Crippen LogP contribution in [-0.4, -0.2) is 24.1 Å². The smallest absolute Gasteiger partial charge is 0.415 e. The molecule has 3 rings (SSSR count). The Balaban J connectivity index is 1.59. The number of hydrogen-bond donors (Lipinski definition) is 0. The first-order valence-electron chi connectivity index (χ1n) is 8.32. The van der Waals surface area contributed by atoms with Crippen LogP contribution in [0, 0.1) is 5.41 Å². The van der Waals surface area contributed by atoms with Crippen molar-refractivity contribution in [1.29, 1.82) is 0 Å². The third-order valence-corrected chi connectivity index (χ3v) is 4.17. The van der Waals surface area contributed by atoms with Crippen molar-refractivity contribution in [3.05, 3.63) is 54.6 Å². The van der Waals surface area contributed by atoms with E-state index in [9.17, 15) is 4.79 Å². The molecule has 24 heavy (non-hydrogen) atoms. The monoisotopic (exact) mass is 325 g/mol. The van der Waals surface area contributed by atoms with Crippen LogP contribution in [0.2, 0.25) is 0 Å². The van der Waals surface area contributed by atoms with Gasteiger partial charge in [-0.3, -0.25) is 0 Å². The minimum atomic E-state index is -0.278. The maximum Gasteiger partial charge on any atom is 0.415 e. The normalized spacial score (nSPS) is 16.5. The van der Waals surface area contributed by atoms with Gasteiger partial charge in [0.2, 0.25) is 0 Å². The first kappa shape index (κ1) is 16.4. The van der Waals surface area contributed by atoms with Gasteiger partial charge in [-0.1, -0.05) is 32.0 Å². The third-order valence-electron chi connectivity index (χ3n) is 4.17. The van der Waals surface area contributed by atoms with E-state index in [2.05, 4.69) is 13.8 Å². The molecule has 1 fully saturated rings. The van der Waals surface area contributed by atoms with Crippen molar-refractivity contribution in [3.8, 4) is 17.2 Å².